The lowest BCUT2D eigenvalue weighted by molar-refractivity contribution is 0.0693. The van der Waals surface area contributed by atoms with Gasteiger partial charge in [0.1, 0.15) is 22.9 Å². The predicted molar refractivity (Wildman–Crippen MR) is 128 cm³/mol. The average molecular weight is 437 g/mol. The molecule has 2 aliphatic heterocycles. The number of likely N-dealkylation sites (tertiary alicyclic amines) is 1. The summed E-state index contributed by atoms with van der Waals surface area (Å²) in [6.45, 7) is 7.46. The van der Waals surface area contributed by atoms with E-state index >= 15 is 0 Å². The van der Waals surface area contributed by atoms with Crippen LogP contribution in [-0.2, 0) is 0 Å². The third kappa shape index (κ3) is 4.38. The number of amides is 1. The molecule has 2 aliphatic rings. The van der Waals surface area contributed by atoms with E-state index in [4.69, 9.17) is 14.5 Å². The fourth-order valence-corrected chi connectivity index (χ4v) is 4.37. The van der Waals surface area contributed by atoms with Crippen LogP contribution in [0.2, 0.25) is 0 Å². The summed E-state index contributed by atoms with van der Waals surface area (Å²) in [6, 6.07) is 13.4. The third-order valence-corrected chi connectivity index (χ3v) is 5.83. The number of anilines is 2. The smallest absolute Gasteiger partial charge is 0.254 e. The Balaban J connectivity index is 1.69. The maximum atomic E-state index is 13.5. The number of carbonyl (C=O) groups excluding carboxylic acids is 1. The van der Waals surface area contributed by atoms with Crippen molar-refractivity contribution in [2.75, 3.05) is 37.9 Å². The Bertz CT molecular complexity index is 1020. The first-order chi connectivity index (χ1) is 15.2. The summed E-state index contributed by atoms with van der Waals surface area (Å²) in [6.07, 6.45) is 1.75. The van der Waals surface area contributed by atoms with Crippen LogP contribution in [0.1, 0.15) is 44.0 Å². The Labute approximate surface area is 189 Å². The standard InChI is InChI=1S/C25H32N4O3/c1-24(2,3)28-23-25(27-21-10-7-6-9-20(21)26-23)11-8-12-29(16-25)22(30)17-13-18(31-4)15-19(14-17)32-5/h6-7,9-10,13-15,27H,8,11-12,16H2,1-5H3,(H,26,28)/t25-/m0/s1. The van der Waals surface area contributed by atoms with Crippen LogP contribution < -0.4 is 20.1 Å². The SMILES string of the molecule is COc1cc(OC)cc(C(=O)N2CCC[C@@]3(C2)Nc2ccccc2NC3=NC(C)(C)C)c1. The van der Waals surface area contributed by atoms with Gasteiger partial charge in [0.05, 0.1) is 37.7 Å². The highest BCUT2D eigenvalue weighted by molar-refractivity contribution is 6.10. The van der Waals surface area contributed by atoms with Gasteiger partial charge in [-0.05, 0) is 57.9 Å². The van der Waals surface area contributed by atoms with Gasteiger partial charge in [-0.3, -0.25) is 9.79 Å². The molecule has 2 N–H and O–H groups in total. The minimum Gasteiger partial charge on any atom is -0.497 e. The monoisotopic (exact) mass is 436 g/mol. The molecule has 1 fully saturated rings. The molecule has 0 aliphatic carbocycles. The van der Waals surface area contributed by atoms with E-state index in [0.717, 1.165) is 30.1 Å². The summed E-state index contributed by atoms with van der Waals surface area (Å²) in [5.41, 5.74) is 1.85. The van der Waals surface area contributed by atoms with Crippen LogP contribution in [0.5, 0.6) is 11.5 Å². The highest BCUT2D eigenvalue weighted by atomic mass is 16.5. The number of methoxy groups -OCH3 is 2. The van der Waals surface area contributed by atoms with Crippen molar-refractivity contribution in [3.8, 4) is 11.5 Å². The van der Waals surface area contributed by atoms with Gasteiger partial charge in [-0.2, -0.15) is 0 Å². The second-order valence-corrected chi connectivity index (χ2v) is 9.44. The molecule has 170 valence electrons. The maximum absolute atomic E-state index is 13.5. The van der Waals surface area contributed by atoms with Crippen LogP contribution in [0.15, 0.2) is 47.5 Å². The van der Waals surface area contributed by atoms with Gasteiger partial charge in [-0.1, -0.05) is 12.1 Å². The molecule has 2 aromatic carbocycles. The summed E-state index contributed by atoms with van der Waals surface area (Å²) >= 11 is 0. The highest BCUT2D eigenvalue weighted by Crippen LogP contribution is 2.37. The van der Waals surface area contributed by atoms with Crippen molar-refractivity contribution in [1.29, 1.82) is 0 Å². The van der Waals surface area contributed by atoms with Crippen LogP contribution in [-0.4, -0.2) is 55.0 Å². The van der Waals surface area contributed by atoms with Gasteiger partial charge in [0.2, 0.25) is 0 Å². The van der Waals surface area contributed by atoms with Crippen molar-refractivity contribution in [3.05, 3.63) is 48.0 Å². The quantitative estimate of drug-likeness (QED) is 0.745. The minimum absolute atomic E-state index is 0.0444. The minimum atomic E-state index is -0.474. The number of ether oxygens (including phenoxy) is 2. The molecule has 1 spiro atoms. The molecule has 0 aromatic heterocycles. The molecule has 32 heavy (non-hydrogen) atoms. The number of nitrogens with one attached hydrogen (secondary N) is 2. The molecule has 1 amide bonds. The molecule has 4 rings (SSSR count). The maximum Gasteiger partial charge on any atom is 0.254 e. The lowest BCUT2D eigenvalue weighted by Gasteiger charge is -2.48. The summed E-state index contributed by atoms with van der Waals surface area (Å²) in [7, 11) is 3.17. The van der Waals surface area contributed by atoms with Crippen molar-refractivity contribution < 1.29 is 14.3 Å². The van der Waals surface area contributed by atoms with E-state index in [0.29, 0.717) is 30.2 Å². The summed E-state index contributed by atoms with van der Waals surface area (Å²) < 4.78 is 10.7. The number of fused-ring (bicyclic) bond motifs is 1. The molecule has 1 saturated heterocycles. The molecule has 2 heterocycles. The van der Waals surface area contributed by atoms with Crippen LogP contribution in [0.25, 0.3) is 0 Å². The lowest BCUT2D eigenvalue weighted by atomic mass is 9.84. The highest BCUT2D eigenvalue weighted by Gasteiger charge is 2.45. The summed E-state index contributed by atoms with van der Waals surface area (Å²) in [5.74, 6) is 2.03. The molecule has 0 saturated carbocycles. The molecule has 0 radical (unpaired) electrons. The van der Waals surface area contributed by atoms with Crippen molar-refractivity contribution in [1.82, 2.24) is 4.90 Å². The van der Waals surface area contributed by atoms with Gasteiger partial charge in [0, 0.05) is 18.2 Å². The number of hydrogen-bond donors (Lipinski definition) is 2. The fourth-order valence-electron chi connectivity index (χ4n) is 4.37. The zero-order chi connectivity index (χ0) is 22.9. The van der Waals surface area contributed by atoms with E-state index in [1.807, 2.05) is 23.1 Å². The van der Waals surface area contributed by atoms with E-state index in [-0.39, 0.29) is 11.4 Å². The van der Waals surface area contributed by atoms with E-state index in [1.54, 1.807) is 32.4 Å². The zero-order valence-electron chi connectivity index (χ0n) is 19.5. The lowest BCUT2D eigenvalue weighted by Crippen LogP contribution is -2.63. The Morgan fingerprint density at radius 2 is 1.72 bits per heavy atom. The normalized spacial score (nSPS) is 21.5. The van der Waals surface area contributed by atoms with Crippen LogP contribution in [0, 0.1) is 0 Å². The molecule has 7 nitrogen and oxygen atoms in total. The first-order valence-electron chi connectivity index (χ1n) is 11.0. The Morgan fingerprint density at radius 1 is 1.06 bits per heavy atom. The van der Waals surface area contributed by atoms with Gasteiger partial charge >= 0.3 is 0 Å². The summed E-state index contributed by atoms with van der Waals surface area (Å²) in [5, 5.41) is 7.29. The van der Waals surface area contributed by atoms with Crippen LogP contribution >= 0.6 is 0 Å². The molecular formula is C25H32N4O3. The van der Waals surface area contributed by atoms with Gasteiger partial charge in [-0.15, -0.1) is 0 Å². The van der Waals surface area contributed by atoms with E-state index < -0.39 is 5.54 Å². The van der Waals surface area contributed by atoms with Crippen LogP contribution in [0.4, 0.5) is 11.4 Å². The fraction of sp³-hybridized carbons (Fsp3) is 0.440. The predicted octanol–water partition coefficient (Wildman–Crippen LogP) is 4.41. The van der Waals surface area contributed by atoms with E-state index in [2.05, 4.69) is 37.5 Å². The molecule has 0 unspecified atom stereocenters. The number of rotatable bonds is 3. The molecule has 0 bridgehead atoms. The Hall–Kier alpha value is -3.22. The topological polar surface area (TPSA) is 75.2 Å². The first kappa shape index (κ1) is 22.0. The molecule has 2 aromatic rings. The van der Waals surface area contributed by atoms with E-state index in [9.17, 15) is 4.79 Å². The number of nitrogens with zero attached hydrogens (tertiary/aromatic N) is 2. The third-order valence-electron chi connectivity index (χ3n) is 5.83. The Kier molecular flexibility index (Phi) is 5.75. The number of amidine groups is 1. The van der Waals surface area contributed by atoms with E-state index in [1.165, 1.54) is 0 Å². The Morgan fingerprint density at radius 3 is 2.34 bits per heavy atom. The number of hydrogen-bond acceptors (Lipinski definition) is 5. The van der Waals surface area contributed by atoms with Gasteiger partial charge < -0.3 is 25.0 Å². The van der Waals surface area contributed by atoms with Crippen molar-refractivity contribution in [3.63, 3.8) is 0 Å². The number of carbonyl (C=O) groups is 1. The molecular weight excluding hydrogens is 404 g/mol. The van der Waals surface area contributed by atoms with Crippen molar-refractivity contribution in [2.45, 2.75) is 44.7 Å². The second kappa shape index (κ2) is 8.37. The number of para-hydroxylation sites is 2. The molecule has 1 atom stereocenters. The van der Waals surface area contributed by atoms with Gasteiger partial charge in [0.15, 0.2) is 0 Å². The average Bonchev–Trinajstić information content (AvgIpc) is 2.78. The zero-order valence-corrected chi connectivity index (χ0v) is 19.5. The number of aliphatic imine (C=N–C) groups is 1. The van der Waals surface area contributed by atoms with Gasteiger partial charge in [0.25, 0.3) is 5.91 Å². The van der Waals surface area contributed by atoms with Crippen molar-refractivity contribution in [2.24, 2.45) is 4.99 Å². The second-order valence-electron chi connectivity index (χ2n) is 9.44. The summed E-state index contributed by atoms with van der Waals surface area (Å²) in [4.78, 5) is 20.5. The number of piperidine rings is 1. The molecule has 7 heteroatoms. The van der Waals surface area contributed by atoms with Crippen molar-refractivity contribution >= 4 is 23.1 Å². The first-order valence-corrected chi connectivity index (χ1v) is 11.0. The largest absolute Gasteiger partial charge is 0.497 e. The van der Waals surface area contributed by atoms with Crippen LogP contribution in [0.3, 0.4) is 0 Å². The van der Waals surface area contributed by atoms with Gasteiger partial charge in [-0.25, -0.2) is 0 Å². The number of benzene rings is 2.